The summed E-state index contributed by atoms with van der Waals surface area (Å²) in [6, 6.07) is 8.98. The Morgan fingerprint density at radius 3 is 2.76 bits per heavy atom. The third-order valence-electron chi connectivity index (χ3n) is 2.82. The Hall–Kier alpha value is -0.380. The van der Waals surface area contributed by atoms with Gasteiger partial charge >= 0.3 is 0 Å². The largest absolute Gasteiger partial charge is 0.385 e. The Labute approximate surface area is 113 Å². The van der Waals surface area contributed by atoms with Gasteiger partial charge in [0.2, 0.25) is 0 Å². The first kappa shape index (κ1) is 14.7. The first-order chi connectivity index (χ1) is 8.27. The summed E-state index contributed by atoms with van der Waals surface area (Å²) in [5, 5.41) is 3.54. The van der Waals surface area contributed by atoms with Gasteiger partial charge in [0.05, 0.1) is 0 Å². The van der Waals surface area contributed by atoms with Crippen molar-refractivity contribution in [2.75, 3.05) is 20.3 Å². The quantitative estimate of drug-likeness (QED) is 0.743. The molecule has 1 N–H and O–H groups in total. The van der Waals surface area contributed by atoms with E-state index >= 15 is 0 Å². The molecule has 0 bridgehead atoms. The van der Waals surface area contributed by atoms with E-state index in [0.29, 0.717) is 6.04 Å². The van der Waals surface area contributed by atoms with Gasteiger partial charge in [0.15, 0.2) is 0 Å². The molecule has 0 aliphatic rings. The van der Waals surface area contributed by atoms with E-state index in [1.54, 1.807) is 7.11 Å². The molecule has 1 aromatic carbocycles. The van der Waals surface area contributed by atoms with Crippen LogP contribution in [-0.2, 0) is 11.2 Å². The Morgan fingerprint density at radius 2 is 2.12 bits per heavy atom. The predicted octanol–water partition coefficient (Wildman–Crippen LogP) is 3.40. The summed E-state index contributed by atoms with van der Waals surface area (Å²) in [5.41, 5.74) is 1.37. The molecule has 0 aliphatic heterocycles. The number of hydrogen-bond acceptors (Lipinski definition) is 2. The van der Waals surface area contributed by atoms with E-state index < -0.39 is 0 Å². The lowest BCUT2D eigenvalue weighted by atomic mass is 10.0. The standard InChI is InChI=1S/C14H22BrNO/c1-3-16-13(8-6-10-17-2)11-12-7-4-5-9-14(12)15/h4-5,7,9,13,16H,3,6,8,10-11H2,1-2H3. The van der Waals surface area contributed by atoms with Crippen molar-refractivity contribution in [1.82, 2.24) is 5.32 Å². The molecule has 0 aromatic heterocycles. The van der Waals surface area contributed by atoms with Crippen molar-refractivity contribution in [3.63, 3.8) is 0 Å². The van der Waals surface area contributed by atoms with Crippen molar-refractivity contribution >= 4 is 15.9 Å². The maximum atomic E-state index is 5.11. The molecular formula is C14H22BrNO. The number of benzene rings is 1. The molecule has 1 aromatic rings. The Balaban J connectivity index is 2.50. The molecule has 17 heavy (non-hydrogen) atoms. The van der Waals surface area contributed by atoms with Gasteiger partial charge < -0.3 is 10.1 Å². The molecule has 2 nitrogen and oxygen atoms in total. The molecule has 0 fully saturated rings. The molecule has 1 rings (SSSR count). The minimum absolute atomic E-state index is 0.536. The fourth-order valence-corrected chi connectivity index (χ4v) is 2.42. The van der Waals surface area contributed by atoms with Crippen molar-refractivity contribution in [1.29, 1.82) is 0 Å². The summed E-state index contributed by atoms with van der Waals surface area (Å²) >= 11 is 3.61. The monoisotopic (exact) mass is 299 g/mol. The topological polar surface area (TPSA) is 21.3 Å². The second-order valence-corrected chi connectivity index (χ2v) is 5.04. The van der Waals surface area contributed by atoms with Crippen molar-refractivity contribution < 1.29 is 4.74 Å². The number of nitrogens with one attached hydrogen (secondary N) is 1. The minimum Gasteiger partial charge on any atom is -0.385 e. The Morgan fingerprint density at radius 1 is 1.35 bits per heavy atom. The van der Waals surface area contributed by atoms with Gasteiger partial charge in [-0.3, -0.25) is 0 Å². The van der Waals surface area contributed by atoms with Gasteiger partial charge in [-0.25, -0.2) is 0 Å². The number of methoxy groups -OCH3 is 1. The highest BCUT2D eigenvalue weighted by atomic mass is 79.9. The third-order valence-corrected chi connectivity index (χ3v) is 3.59. The minimum atomic E-state index is 0.536. The smallest absolute Gasteiger partial charge is 0.0462 e. The summed E-state index contributed by atoms with van der Waals surface area (Å²) in [6.07, 6.45) is 3.33. The van der Waals surface area contributed by atoms with Crippen LogP contribution in [0, 0.1) is 0 Å². The molecule has 0 aliphatic carbocycles. The number of halogens is 1. The van der Waals surface area contributed by atoms with Gasteiger partial charge in [-0.2, -0.15) is 0 Å². The van der Waals surface area contributed by atoms with E-state index in [4.69, 9.17) is 4.74 Å². The predicted molar refractivity (Wildman–Crippen MR) is 76.4 cm³/mol. The van der Waals surface area contributed by atoms with Crippen LogP contribution in [0.3, 0.4) is 0 Å². The summed E-state index contributed by atoms with van der Waals surface area (Å²) in [5.74, 6) is 0. The SMILES string of the molecule is CCNC(CCCOC)Cc1ccccc1Br. The van der Waals surface area contributed by atoms with Gasteiger partial charge in [0.25, 0.3) is 0 Å². The Kier molecular flexibility index (Phi) is 7.49. The highest BCUT2D eigenvalue weighted by Crippen LogP contribution is 2.18. The van der Waals surface area contributed by atoms with Crippen molar-refractivity contribution in [3.8, 4) is 0 Å². The molecule has 96 valence electrons. The fourth-order valence-electron chi connectivity index (χ4n) is 1.97. The molecule has 0 heterocycles. The van der Waals surface area contributed by atoms with Gasteiger partial charge in [-0.1, -0.05) is 41.1 Å². The fraction of sp³-hybridized carbons (Fsp3) is 0.571. The van der Waals surface area contributed by atoms with Crippen LogP contribution in [0.4, 0.5) is 0 Å². The van der Waals surface area contributed by atoms with Crippen LogP contribution in [0.1, 0.15) is 25.3 Å². The average molecular weight is 300 g/mol. The van der Waals surface area contributed by atoms with Crippen LogP contribution < -0.4 is 5.32 Å². The Bertz CT molecular complexity index is 317. The molecule has 3 heteroatoms. The first-order valence-corrected chi connectivity index (χ1v) is 7.03. The van der Waals surface area contributed by atoms with Crippen LogP contribution in [0.25, 0.3) is 0 Å². The summed E-state index contributed by atoms with van der Waals surface area (Å²) in [4.78, 5) is 0. The van der Waals surface area contributed by atoms with Crippen molar-refractivity contribution in [2.45, 2.75) is 32.2 Å². The van der Waals surface area contributed by atoms with Gasteiger partial charge in [-0.05, 0) is 37.4 Å². The van der Waals surface area contributed by atoms with Crippen molar-refractivity contribution in [2.24, 2.45) is 0 Å². The first-order valence-electron chi connectivity index (χ1n) is 6.23. The van der Waals surface area contributed by atoms with Crippen LogP contribution in [0.15, 0.2) is 28.7 Å². The highest BCUT2D eigenvalue weighted by Gasteiger charge is 2.09. The molecule has 0 saturated heterocycles. The lowest BCUT2D eigenvalue weighted by Crippen LogP contribution is -2.31. The van der Waals surface area contributed by atoms with E-state index in [1.807, 2.05) is 0 Å². The molecule has 0 saturated carbocycles. The highest BCUT2D eigenvalue weighted by molar-refractivity contribution is 9.10. The number of rotatable bonds is 8. The van der Waals surface area contributed by atoms with Crippen molar-refractivity contribution in [3.05, 3.63) is 34.3 Å². The molecule has 0 radical (unpaired) electrons. The lowest BCUT2D eigenvalue weighted by Gasteiger charge is -2.18. The second-order valence-electron chi connectivity index (χ2n) is 4.19. The molecular weight excluding hydrogens is 278 g/mol. The molecule has 1 atom stereocenters. The van der Waals surface area contributed by atoms with Gasteiger partial charge in [0.1, 0.15) is 0 Å². The van der Waals surface area contributed by atoms with E-state index in [-0.39, 0.29) is 0 Å². The van der Waals surface area contributed by atoms with Crippen LogP contribution in [0.2, 0.25) is 0 Å². The van der Waals surface area contributed by atoms with E-state index in [1.165, 1.54) is 10.0 Å². The zero-order valence-corrected chi connectivity index (χ0v) is 12.3. The van der Waals surface area contributed by atoms with Crippen LogP contribution in [-0.4, -0.2) is 26.3 Å². The number of ether oxygens (including phenoxy) is 1. The number of hydrogen-bond donors (Lipinski definition) is 1. The normalized spacial score (nSPS) is 12.6. The van der Waals surface area contributed by atoms with E-state index in [2.05, 4.69) is 52.4 Å². The van der Waals surface area contributed by atoms with Crippen LogP contribution in [0.5, 0.6) is 0 Å². The zero-order chi connectivity index (χ0) is 12.5. The second kappa shape index (κ2) is 8.67. The molecule has 1 unspecified atom stereocenters. The van der Waals surface area contributed by atoms with Gasteiger partial charge in [-0.15, -0.1) is 0 Å². The molecule has 0 spiro atoms. The van der Waals surface area contributed by atoms with Gasteiger partial charge in [0, 0.05) is 24.2 Å². The number of likely N-dealkylation sites (N-methyl/N-ethyl adjacent to an activating group) is 1. The van der Waals surface area contributed by atoms with E-state index in [9.17, 15) is 0 Å². The van der Waals surface area contributed by atoms with Crippen LogP contribution >= 0.6 is 15.9 Å². The molecule has 0 amide bonds. The zero-order valence-electron chi connectivity index (χ0n) is 10.7. The summed E-state index contributed by atoms with van der Waals surface area (Å²) < 4.78 is 6.31. The maximum Gasteiger partial charge on any atom is 0.0462 e. The maximum absolute atomic E-state index is 5.11. The third kappa shape index (κ3) is 5.66. The lowest BCUT2D eigenvalue weighted by molar-refractivity contribution is 0.188. The average Bonchev–Trinajstić information content (AvgIpc) is 2.32. The summed E-state index contributed by atoms with van der Waals surface area (Å²) in [6.45, 7) is 4.02. The van der Waals surface area contributed by atoms with E-state index in [0.717, 1.165) is 32.4 Å². The summed E-state index contributed by atoms with van der Waals surface area (Å²) in [7, 11) is 1.76.